The third-order valence-electron chi connectivity index (χ3n) is 6.49. The van der Waals surface area contributed by atoms with Crippen LogP contribution in [0.25, 0.3) is 11.4 Å². The van der Waals surface area contributed by atoms with Gasteiger partial charge in [-0.3, -0.25) is 24.3 Å². The number of hydrogen-bond donors (Lipinski definition) is 1. The molecule has 0 unspecified atom stereocenters. The van der Waals surface area contributed by atoms with Gasteiger partial charge in [0.1, 0.15) is 17.9 Å². The highest BCUT2D eigenvalue weighted by Gasteiger charge is 2.50. The van der Waals surface area contributed by atoms with Crippen molar-refractivity contribution in [2.45, 2.75) is 61.7 Å². The van der Waals surface area contributed by atoms with Gasteiger partial charge in [-0.15, -0.1) is 10.2 Å². The quantitative estimate of drug-likeness (QED) is 0.548. The minimum Gasteiger partial charge on any atom is -0.318 e. The molecule has 168 valence electrons. The maximum atomic E-state index is 14.4. The molecule has 3 amide bonds. The third kappa shape index (κ3) is 3.70. The number of hydrogen-bond acceptors (Lipinski definition) is 6. The first-order valence-corrected chi connectivity index (χ1v) is 12.0. The molecule has 2 aliphatic carbocycles. The normalized spacial score (nSPS) is 20.5. The number of carbonyl (C=O) groups is 3. The monoisotopic (exact) mass is 457 g/mol. The molecule has 3 aliphatic rings. The first-order valence-electron chi connectivity index (χ1n) is 11.0. The Kier molecular flexibility index (Phi) is 5.48. The number of benzene rings is 1. The average Bonchev–Trinajstić information content (AvgIpc) is 3.55. The molecule has 1 aromatic carbocycles. The van der Waals surface area contributed by atoms with Crippen molar-refractivity contribution in [1.82, 2.24) is 25.0 Å². The molecule has 0 radical (unpaired) electrons. The predicted octanol–water partition coefficient (Wildman–Crippen LogP) is 2.70. The highest BCUT2D eigenvalue weighted by Crippen LogP contribution is 2.42. The highest BCUT2D eigenvalue weighted by molar-refractivity contribution is 7.99. The van der Waals surface area contributed by atoms with E-state index in [1.807, 2.05) is 4.57 Å². The Labute approximate surface area is 188 Å². The van der Waals surface area contributed by atoms with Crippen LogP contribution in [-0.4, -0.2) is 55.2 Å². The molecule has 3 fully saturated rings. The number of carbonyl (C=O) groups excluding carboxylic acids is 3. The molecule has 0 atom stereocenters. The molecule has 0 bridgehead atoms. The fourth-order valence-electron chi connectivity index (χ4n) is 4.73. The van der Waals surface area contributed by atoms with Gasteiger partial charge < -0.3 is 4.90 Å². The Balaban J connectivity index is 1.38. The van der Waals surface area contributed by atoms with E-state index >= 15 is 0 Å². The van der Waals surface area contributed by atoms with E-state index in [0.717, 1.165) is 32.1 Å². The van der Waals surface area contributed by atoms with Gasteiger partial charge in [0.05, 0.1) is 11.3 Å². The summed E-state index contributed by atoms with van der Waals surface area (Å²) in [5, 5.41) is 11.4. The SMILES string of the molecule is O=C1CN(C(=O)CSc2nnc(-c3ccccc3F)n2C2CC2)C2(CCCCC2)C(=O)N1. The van der Waals surface area contributed by atoms with E-state index < -0.39 is 11.4 Å². The molecular weight excluding hydrogens is 433 g/mol. The topological polar surface area (TPSA) is 97.2 Å². The van der Waals surface area contributed by atoms with Crippen LogP contribution in [0.4, 0.5) is 4.39 Å². The van der Waals surface area contributed by atoms with E-state index in [9.17, 15) is 18.8 Å². The fraction of sp³-hybridized carbons (Fsp3) is 0.500. The van der Waals surface area contributed by atoms with E-state index in [0.29, 0.717) is 29.4 Å². The molecule has 1 aromatic heterocycles. The average molecular weight is 458 g/mol. The summed E-state index contributed by atoms with van der Waals surface area (Å²) < 4.78 is 16.3. The van der Waals surface area contributed by atoms with Crippen molar-refractivity contribution < 1.29 is 18.8 Å². The number of amides is 3. The van der Waals surface area contributed by atoms with E-state index in [1.54, 1.807) is 18.2 Å². The van der Waals surface area contributed by atoms with Crippen LogP contribution in [0.2, 0.25) is 0 Å². The molecule has 1 aliphatic heterocycles. The van der Waals surface area contributed by atoms with Crippen molar-refractivity contribution in [3.63, 3.8) is 0 Å². The molecule has 32 heavy (non-hydrogen) atoms. The van der Waals surface area contributed by atoms with Gasteiger partial charge in [0.15, 0.2) is 11.0 Å². The maximum Gasteiger partial charge on any atom is 0.252 e. The molecule has 8 nitrogen and oxygen atoms in total. The lowest BCUT2D eigenvalue weighted by atomic mass is 9.78. The van der Waals surface area contributed by atoms with Crippen molar-refractivity contribution in [1.29, 1.82) is 0 Å². The molecule has 1 spiro atoms. The molecule has 1 saturated heterocycles. The number of imide groups is 1. The van der Waals surface area contributed by atoms with Crippen LogP contribution in [0.15, 0.2) is 29.4 Å². The Morgan fingerprint density at radius 1 is 1.16 bits per heavy atom. The molecule has 5 rings (SSSR count). The largest absolute Gasteiger partial charge is 0.318 e. The zero-order valence-corrected chi connectivity index (χ0v) is 18.4. The summed E-state index contributed by atoms with van der Waals surface area (Å²) in [6.45, 7) is -0.110. The maximum absolute atomic E-state index is 14.4. The smallest absolute Gasteiger partial charge is 0.252 e. The summed E-state index contributed by atoms with van der Waals surface area (Å²) in [4.78, 5) is 39.4. The molecule has 2 saturated carbocycles. The number of halogens is 1. The highest BCUT2D eigenvalue weighted by atomic mass is 32.2. The van der Waals surface area contributed by atoms with Crippen LogP contribution in [0, 0.1) is 5.82 Å². The number of thioether (sulfide) groups is 1. The second-order valence-electron chi connectivity index (χ2n) is 8.63. The van der Waals surface area contributed by atoms with Crippen LogP contribution in [-0.2, 0) is 14.4 Å². The van der Waals surface area contributed by atoms with E-state index in [1.165, 1.54) is 22.7 Å². The summed E-state index contributed by atoms with van der Waals surface area (Å²) in [7, 11) is 0. The Morgan fingerprint density at radius 2 is 1.91 bits per heavy atom. The number of rotatable bonds is 5. The van der Waals surface area contributed by atoms with Crippen LogP contribution in [0.5, 0.6) is 0 Å². The minimum atomic E-state index is -0.938. The number of nitrogens with zero attached hydrogens (tertiary/aromatic N) is 4. The lowest BCUT2D eigenvalue weighted by Gasteiger charge is -2.47. The first-order chi connectivity index (χ1) is 15.5. The van der Waals surface area contributed by atoms with E-state index in [2.05, 4.69) is 15.5 Å². The van der Waals surface area contributed by atoms with Crippen molar-refractivity contribution in [3.05, 3.63) is 30.1 Å². The molecule has 2 heterocycles. The number of piperazine rings is 1. The summed E-state index contributed by atoms with van der Waals surface area (Å²) in [5.41, 5.74) is -0.559. The lowest BCUT2D eigenvalue weighted by Crippen LogP contribution is -2.69. The van der Waals surface area contributed by atoms with Crippen molar-refractivity contribution in [2.75, 3.05) is 12.3 Å². The van der Waals surface area contributed by atoms with Gasteiger partial charge >= 0.3 is 0 Å². The third-order valence-corrected chi connectivity index (χ3v) is 7.42. The van der Waals surface area contributed by atoms with Gasteiger partial charge in [0, 0.05) is 6.04 Å². The van der Waals surface area contributed by atoms with Gasteiger partial charge in [0.25, 0.3) is 5.91 Å². The molecule has 10 heteroatoms. The number of aromatic nitrogens is 3. The van der Waals surface area contributed by atoms with Crippen LogP contribution in [0.3, 0.4) is 0 Å². The second kappa shape index (κ2) is 8.31. The Hall–Kier alpha value is -2.75. The summed E-state index contributed by atoms with van der Waals surface area (Å²) in [5.74, 6) is -0.965. The zero-order valence-electron chi connectivity index (χ0n) is 17.6. The number of nitrogens with one attached hydrogen (secondary N) is 1. The van der Waals surface area contributed by atoms with Gasteiger partial charge in [-0.2, -0.15) is 0 Å². The Morgan fingerprint density at radius 3 is 2.62 bits per heavy atom. The summed E-state index contributed by atoms with van der Waals surface area (Å²) in [6, 6.07) is 6.62. The summed E-state index contributed by atoms with van der Waals surface area (Å²) in [6.07, 6.45) is 5.75. The molecule has 1 N–H and O–H groups in total. The van der Waals surface area contributed by atoms with Crippen LogP contribution in [0.1, 0.15) is 51.0 Å². The van der Waals surface area contributed by atoms with Crippen molar-refractivity contribution in [2.24, 2.45) is 0 Å². The van der Waals surface area contributed by atoms with Gasteiger partial charge in [-0.25, -0.2) is 4.39 Å². The van der Waals surface area contributed by atoms with Gasteiger partial charge in [-0.05, 0) is 37.8 Å². The van der Waals surface area contributed by atoms with Gasteiger partial charge in [0.2, 0.25) is 11.8 Å². The van der Waals surface area contributed by atoms with Crippen LogP contribution < -0.4 is 5.32 Å². The minimum absolute atomic E-state index is 0.0322. The van der Waals surface area contributed by atoms with Crippen molar-refractivity contribution >= 4 is 29.5 Å². The van der Waals surface area contributed by atoms with Crippen molar-refractivity contribution in [3.8, 4) is 11.4 Å². The predicted molar refractivity (Wildman–Crippen MR) is 115 cm³/mol. The standard InChI is InChI=1S/C22H24FN5O3S/c23-16-7-3-2-6-15(16)19-25-26-21(28(19)14-8-9-14)32-13-18(30)27-12-17(29)24-20(31)22(27)10-4-1-5-11-22/h2-3,6-7,14H,1,4-5,8-13H2,(H,24,29,31). The van der Waals surface area contributed by atoms with Gasteiger partial charge in [-0.1, -0.05) is 43.2 Å². The van der Waals surface area contributed by atoms with E-state index in [-0.39, 0.29) is 36.0 Å². The van der Waals surface area contributed by atoms with E-state index in [4.69, 9.17) is 0 Å². The Bertz CT molecular complexity index is 1080. The summed E-state index contributed by atoms with van der Waals surface area (Å²) >= 11 is 1.22. The zero-order chi connectivity index (χ0) is 22.3. The second-order valence-corrected chi connectivity index (χ2v) is 9.57. The molecule has 2 aromatic rings. The first kappa shape index (κ1) is 21.1. The molecular formula is C22H24FN5O3S. The lowest BCUT2D eigenvalue weighted by molar-refractivity contribution is -0.158. The van der Waals surface area contributed by atoms with Crippen LogP contribution >= 0.6 is 11.8 Å². The fourth-order valence-corrected chi connectivity index (χ4v) is 5.61.